The molecular formula is C25H28N2O4. The first-order chi connectivity index (χ1) is 15.0. The molecule has 1 atom stereocenters. The SMILES string of the molecule is COc1cc2c3c(c4ccc(N(C)C(=O)O)cc4c2cc1OC)CN1CCCCC1C3. The molecule has 31 heavy (non-hydrogen) atoms. The second-order valence-electron chi connectivity index (χ2n) is 8.61. The average molecular weight is 421 g/mol. The summed E-state index contributed by atoms with van der Waals surface area (Å²) in [5, 5.41) is 14.0. The molecule has 1 amide bonds. The molecule has 0 aliphatic carbocycles. The van der Waals surface area contributed by atoms with Crippen molar-refractivity contribution in [2.45, 2.75) is 38.3 Å². The van der Waals surface area contributed by atoms with E-state index in [4.69, 9.17) is 9.47 Å². The van der Waals surface area contributed by atoms with Gasteiger partial charge in [-0.2, -0.15) is 0 Å². The van der Waals surface area contributed by atoms with Crippen molar-refractivity contribution in [1.29, 1.82) is 0 Å². The van der Waals surface area contributed by atoms with Gasteiger partial charge in [0.1, 0.15) is 0 Å². The molecule has 162 valence electrons. The summed E-state index contributed by atoms with van der Waals surface area (Å²) in [5.74, 6) is 1.41. The van der Waals surface area contributed by atoms with E-state index in [9.17, 15) is 9.90 Å². The molecule has 2 aliphatic rings. The van der Waals surface area contributed by atoms with Gasteiger partial charge < -0.3 is 14.6 Å². The van der Waals surface area contributed by atoms with Gasteiger partial charge >= 0.3 is 6.09 Å². The molecule has 0 aromatic heterocycles. The van der Waals surface area contributed by atoms with E-state index in [0.717, 1.165) is 36.0 Å². The number of ether oxygens (including phenoxy) is 2. The first-order valence-electron chi connectivity index (χ1n) is 10.9. The number of benzene rings is 3. The largest absolute Gasteiger partial charge is 0.493 e. The summed E-state index contributed by atoms with van der Waals surface area (Å²) in [6.07, 6.45) is 3.86. The zero-order chi connectivity index (χ0) is 21.7. The molecule has 0 radical (unpaired) electrons. The van der Waals surface area contributed by atoms with E-state index in [-0.39, 0.29) is 0 Å². The van der Waals surface area contributed by atoms with Crippen molar-refractivity contribution in [3.8, 4) is 11.5 Å². The third-order valence-corrected chi connectivity index (χ3v) is 7.06. The minimum absolute atomic E-state index is 0.590. The number of amides is 1. The fourth-order valence-corrected chi connectivity index (χ4v) is 5.37. The number of nitrogens with zero attached hydrogens (tertiary/aromatic N) is 2. The summed E-state index contributed by atoms with van der Waals surface area (Å²) < 4.78 is 11.2. The molecule has 0 bridgehead atoms. The molecule has 1 unspecified atom stereocenters. The molecule has 0 saturated carbocycles. The lowest BCUT2D eigenvalue weighted by Crippen LogP contribution is -2.43. The maximum Gasteiger partial charge on any atom is 0.411 e. The number of hydrogen-bond donors (Lipinski definition) is 1. The summed E-state index contributed by atoms with van der Waals surface area (Å²) in [6.45, 7) is 2.09. The third kappa shape index (κ3) is 3.17. The van der Waals surface area contributed by atoms with Crippen LogP contribution in [0.15, 0.2) is 30.3 Å². The molecule has 6 nitrogen and oxygen atoms in total. The van der Waals surface area contributed by atoms with Crippen LogP contribution in [0, 0.1) is 0 Å². The minimum atomic E-state index is -0.975. The third-order valence-electron chi connectivity index (χ3n) is 7.06. The number of rotatable bonds is 3. The van der Waals surface area contributed by atoms with Gasteiger partial charge in [-0.15, -0.1) is 0 Å². The van der Waals surface area contributed by atoms with Crippen LogP contribution in [0.25, 0.3) is 21.5 Å². The Morgan fingerprint density at radius 1 is 1.00 bits per heavy atom. The minimum Gasteiger partial charge on any atom is -0.493 e. The Bertz CT molecular complexity index is 1190. The Kier molecular flexibility index (Phi) is 4.89. The van der Waals surface area contributed by atoms with Crippen LogP contribution in [0.4, 0.5) is 10.5 Å². The number of carbonyl (C=O) groups is 1. The Morgan fingerprint density at radius 2 is 1.71 bits per heavy atom. The molecule has 2 heterocycles. The predicted molar refractivity (Wildman–Crippen MR) is 123 cm³/mol. The van der Waals surface area contributed by atoms with E-state index >= 15 is 0 Å². The quantitative estimate of drug-likeness (QED) is 0.602. The standard InChI is InChI=1S/C25H28N2O4/c1-26(25(28)29)15-7-8-17-18(10-15)20-12-23(30-2)24(31-3)13-21(20)19-11-16-6-4-5-9-27(16)14-22(17)19/h7-8,10,12-13,16H,4-6,9,11,14H2,1-3H3,(H,28,29). The van der Waals surface area contributed by atoms with Crippen LogP contribution in [-0.2, 0) is 13.0 Å². The van der Waals surface area contributed by atoms with Crippen LogP contribution in [-0.4, -0.2) is 50.0 Å². The van der Waals surface area contributed by atoms with Crippen molar-refractivity contribution < 1.29 is 19.4 Å². The van der Waals surface area contributed by atoms with E-state index in [1.807, 2.05) is 18.2 Å². The zero-order valence-corrected chi connectivity index (χ0v) is 18.3. The molecule has 6 heteroatoms. The summed E-state index contributed by atoms with van der Waals surface area (Å²) in [6, 6.07) is 10.7. The Hall–Kier alpha value is -2.99. The Labute approximate surface area is 181 Å². The van der Waals surface area contributed by atoms with Gasteiger partial charge in [0.05, 0.1) is 14.2 Å². The molecule has 5 rings (SSSR count). The zero-order valence-electron chi connectivity index (χ0n) is 18.3. The second-order valence-corrected chi connectivity index (χ2v) is 8.61. The van der Waals surface area contributed by atoms with Gasteiger partial charge in [-0.25, -0.2) is 4.79 Å². The van der Waals surface area contributed by atoms with Gasteiger partial charge in [-0.1, -0.05) is 12.5 Å². The highest BCUT2D eigenvalue weighted by molar-refractivity contribution is 6.13. The van der Waals surface area contributed by atoms with Gasteiger partial charge in [0.2, 0.25) is 0 Å². The lowest BCUT2D eigenvalue weighted by Gasteiger charge is -2.41. The molecule has 1 saturated heterocycles. The highest BCUT2D eigenvalue weighted by Gasteiger charge is 2.31. The lowest BCUT2D eigenvalue weighted by molar-refractivity contribution is 0.128. The average Bonchev–Trinajstić information content (AvgIpc) is 2.81. The fourth-order valence-electron chi connectivity index (χ4n) is 5.37. The van der Waals surface area contributed by atoms with Crippen LogP contribution in [0.2, 0.25) is 0 Å². The van der Waals surface area contributed by atoms with Crippen molar-refractivity contribution >= 4 is 33.3 Å². The topological polar surface area (TPSA) is 62.2 Å². The number of carboxylic acid groups (broad SMARTS) is 1. The summed E-state index contributed by atoms with van der Waals surface area (Å²) >= 11 is 0. The van der Waals surface area contributed by atoms with E-state index in [1.54, 1.807) is 21.3 Å². The molecular weight excluding hydrogens is 392 g/mol. The van der Waals surface area contributed by atoms with Gasteiger partial charge in [0.15, 0.2) is 11.5 Å². The molecule has 1 fully saturated rings. The van der Waals surface area contributed by atoms with E-state index in [2.05, 4.69) is 17.0 Å². The smallest absolute Gasteiger partial charge is 0.411 e. The Balaban J connectivity index is 1.83. The van der Waals surface area contributed by atoms with E-state index in [1.165, 1.54) is 46.1 Å². The molecule has 3 aromatic rings. The first kappa shape index (κ1) is 19.9. The number of fused-ring (bicyclic) bond motifs is 7. The van der Waals surface area contributed by atoms with E-state index < -0.39 is 6.09 Å². The highest BCUT2D eigenvalue weighted by Crippen LogP contribution is 2.44. The Morgan fingerprint density at radius 3 is 2.42 bits per heavy atom. The maximum atomic E-state index is 11.6. The van der Waals surface area contributed by atoms with Crippen molar-refractivity contribution in [3.05, 3.63) is 41.5 Å². The van der Waals surface area contributed by atoms with Crippen molar-refractivity contribution in [1.82, 2.24) is 4.90 Å². The van der Waals surface area contributed by atoms with Crippen molar-refractivity contribution in [3.63, 3.8) is 0 Å². The summed E-state index contributed by atoms with van der Waals surface area (Å²) in [7, 11) is 4.89. The van der Waals surface area contributed by atoms with Crippen LogP contribution in [0.3, 0.4) is 0 Å². The maximum absolute atomic E-state index is 11.6. The van der Waals surface area contributed by atoms with Crippen LogP contribution in [0.1, 0.15) is 30.4 Å². The van der Waals surface area contributed by atoms with Gasteiger partial charge in [0.25, 0.3) is 0 Å². The molecule has 3 aromatic carbocycles. The monoisotopic (exact) mass is 420 g/mol. The van der Waals surface area contributed by atoms with Crippen LogP contribution >= 0.6 is 0 Å². The summed E-state index contributed by atoms with van der Waals surface area (Å²) in [5.41, 5.74) is 3.41. The number of piperidine rings is 1. The fraction of sp³-hybridized carbons (Fsp3) is 0.400. The van der Waals surface area contributed by atoms with Gasteiger partial charge in [0, 0.05) is 25.3 Å². The van der Waals surface area contributed by atoms with Gasteiger partial charge in [-0.05, 0) is 82.7 Å². The number of hydrogen-bond acceptors (Lipinski definition) is 4. The van der Waals surface area contributed by atoms with Gasteiger partial charge in [-0.3, -0.25) is 9.80 Å². The molecule has 2 aliphatic heterocycles. The highest BCUT2D eigenvalue weighted by atomic mass is 16.5. The molecule has 0 spiro atoms. The summed E-state index contributed by atoms with van der Waals surface area (Å²) in [4.78, 5) is 15.4. The van der Waals surface area contributed by atoms with Crippen molar-refractivity contribution in [2.24, 2.45) is 0 Å². The normalized spacial score (nSPS) is 18.5. The predicted octanol–water partition coefficient (Wildman–Crippen LogP) is 5.04. The van der Waals surface area contributed by atoms with Crippen LogP contribution in [0.5, 0.6) is 11.5 Å². The second kappa shape index (κ2) is 7.61. The van der Waals surface area contributed by atoms with E-state index in [0.29, 0.717) is 17.5 Å². The van der Waals surface area contributed by atoms with Crippen LogP contribution < -0.4 is 14.4 Å². The number of methoxy groups -OCH3 is 2. The number of anilines is 1. The molecule has 1 N–H and O–H groups in total. The first-order valence-corrected chi connectivity index (χ1v) is 10.9. The van der Waals surface area contributed by atoms with Crippen molar-refractivity contribution in [2.75, 3.05) is 32.7 Å². The lowest BCUT2D eigenvalue weighted by atomic mass is 9.82.